The summed E-state index contributed by atoms with van der Waals surface area (Å²) in [7, 11) is 0. The van der Waals surface area contributed by atoms with E-state index in [1.54, 1.807) is 5.51 Å². The van der Waals surface area contributed by atoms with Crippen LogP contribution in [0.5, 0.6) is 0 Å². The lowest BCUT2D eigenvalue weighted by molar-refractivity contribution is 0.378. The van der Waals surface area contributed by atoms with Crippen LogP contribution in [0.2, 0.25) is 0 Å². The number of aromatic nitrogens is 3. The Hall–Kier alpha value is -1.74. The highest BCUT2D eigenvalue weighted by Crippen LogP contribution is 2.46. The molecule has 1 fully saturated rings. The van der Waals surface area contributed by atoms with Gasteiger partial charge in [0.15, 0.2) is 0 Å². The van der Waals surface area contributed by atoms with Gasteiger partial charge in [0.05, 0.1) is 23.4 Å². The maximum atomic E-state index is 8.68. The van der Waals surface area contributed by atoms with Crippen molar-refractivity contribution >= 4 is 11.3 Å². The third-order valence-electron chi connectivity index (χ3n) is 2.38. The Bertz CT molecular complexity index is 512. The van der Waals surface area contributed by atoms with Crippen LogP contribution in [0.4, 0.5) is 0 Å². The zero-order valence-electron chi connectivity index (χ0n) is 7.62. The first-order valence-electron chi connectivity index (χ1n) is 4.50. The largest absolute Gasteiger partial charge is 0.339 e. The second-order valence-corrected chi connectivity index (χ2v) is 4.13. The molecule has 2 unspecified atom stereocenters. The van der Waals surface area contributed by atoms with Gasteiger partial charge < -0.3 is 4.52 Å². The SMILES string of the molecule is N#CC1CC1c1nc(-c2cscn2)no1. The Kier molecular flexibility index (Phi) is 1.79. The molecule has 0 aliphatic heterocycles. The minimum absolute atomic E-state index is 0.0498. The quantitative estimate of drug-likeness (QED) is 0.768. The van der Waals surface area contributed by atoms with Crippen molar-refractivity contribution in [2.75, 3.05) is 0 Å². The highest BCUT2D eigenvalue weighted by molar-refractivity contribution is 7.07. The summed E-state index contributed by atoms with van der Waals surface area (Å²) in [5.41, 5.74) is 2.45. The van der Waals surface area contributed by atoms with E-state index in [0.717, 1.165) is 12.1 Å². The van der Waals surface area contributed by atoms with E-state index in [4.69, 9.17) is 9.78 Å². The van der Waals surface area contributed by atoms with Crippen molar-refractivity contribution in [1.29, 1.82) is 5.26 Å². The lowest BCUT2D eigenvalue weighted by Gasteiger charge is -1.82. The lowest BCUT2D eigenvalue weighted by Crippen LogP contribution is -1.83. The van der Waals surface area contributed by atoms with Gasteiger partial charge in [-0.05, 0) is 6.42 Å². The molecule has 0 amide bonds. The van der Waals surface area contributed by atoms with Crippen LogP contribution in [0.3, 0.4) is 0 Å². The van der Waals surface area contributed by atoms with Crippen LogP contribution in [-0.2, 0) is 0 Å². The second kappa shape index (κ2) is 3.14. The molecule has 1 aliphatic carbocycles. The van der Waals surface area contributed by atoms with Gasteiger partial charge in [-0.1, -0.05) is 5.16 Å². The fraction of sp³-hybridized carbons (Fsp3) is 0.333. The van der Waals surface area contributed by atoms with Crippen molar-refractivity contribution in [3.63, 3.8) is 0 Å². The highest BCUT2D eigenvalue weighted by Gasteiger charge is 2.43. The first-order chi connectivity index (χ1) is 7.38. The molecule has 2 aromatic rings. The number of nitriles is 1. The Labute approximate surface area is 89.4 Å². The summed E-state index contributed by atoms with van der Waals surface area (Å²) in [4.78, 5) is 8.32. The molecule has 0 spiro atoms. The van der Waals surface area contributed by atoms with Gasteiger partial charge in [0.1, 0.15) is 5.69 Å². The van der Waals surface area contributed by atoms with Crippen LogP contribution in [0.1, 0.15) is 18.2 Å². The van der Waals surface area contributed by atoms with E-state index >= 15 is 0 Å². The second-order valence-electron chi connectivity index (χ2n) is 3.41. The molecule has 74 valence electrons. The molecule has 2 atom stereocenters. The van der Waals surface area contributed by atoms with Crippen molar-refractivity contribution in [3.8, 4) is 17.6 Å². The molecule has 0 radical (unpaired) electrons. The molecular formula is C9H6N4OS. The van der Waals surface area contributed by atoms with E-state index in [0.29, 0.717) is 11.7 Å². The summed E-state index contributed by atoms with van der Waals surface area (Å²) >= 11 is 1.49. The number of rotatable bonds is 2. The van der Waals surface area contributed by atoms with Gasteiger partial charge in [-0.2, -0.15) is 10.2 Å². The van der Waals surface area contributed by atoms with Crippen LogP contribution < -0.4 is 0 Å². The summed E-state index contributed by atoms with van der Waals surface area (Å²) in [5, 5.41) is 14.4. The average molecular weight is 218 g/mol. The van der Waals surface area contributed by atoms with E-state index in [2.05, 4.69) is 21.2 Å². The maximum absolute atomic E-state index is 8.68. The molecule has 0 aromatic carbocycles. The van der Waals surface area contributed by atoms with Gasteiger partial charge in [0.25, 0.3) is 0 Å². The van der Waals surface area contributed by atoms with E-state index in [9.17, 15) is 0 Å². The van der Waals surface area contributed by atoms with E-state index in [1.165, 1.54) is 11.3 Å². The molecule has 6 heteroatoms. The van der Waals surface area contributed by atoms with Gasteiger partial charge in [-0.3, -0.25) is 0 Å². The van der Waals surface area contributed by atoms with Gasteiger partial charge in [0.2, 0.25) is 11.7 Å². The summed E-state index contributed by atoms with van der Waals surface area (Å²) in [6.45, 7) is 0. The van der Waals surface area contributed by atoms with Crippen molar-refractivity contribution in [2.24, 2.45) is 5.92 Å². The maximum Gasteiger partial charge on any atom is 0.231 e. The molecule has 1 saturated carbocycles. The Morgan fingerprint density at radius 1 is 1.60 bits per heavy atom. The number of hydrogen-bond donors (Lipinski definition) is 0. The summed E-state index contributed by atoms with van der Waals surface area (Å²) in [6, 6.07) is 2.19. The zero-order valence-corrected chi connectivity index (χ0v) is 8.44. The Balaban J connectivity index is 1.87. The molecule has 0 bridgehead atoms. The molecule has 2 heterocycles. The molecule has 0 N–H and O–H groups in total. The van der Waals surface area contributed by atoms with Crippen molar-refractivity contribution in [3.05, 3.63) is 16.8 Å². The average Bonchev–Trinajstić information content (AvgIpc) is 2.73. The van der Waals surface area contributed by atoms with Gasteiger partial charge in [0, 0.05) is 5.38 Å². The predicted molar refractivity (Wildman–Crippen MR) is 51.9 cm³/mol. The molecule has 15 heavy (non-hydrogen) atoms. The minimum Gasteiger partial charge on any atom is -0.339 e. The number of hydrogen-bond acceptors (Lipinski definition) is 6. The van der Waals surface area contributed by atoms with Crippen LogP contribution in [0, 0.1) is 17.2 Å². The third kappa shape index (κ3) is 1.41. The minimum atomic E-state index is 0.0498. The Morgan fingerprint density at radius 2 is 2.53 bits per heavy atom. The van der Waals surface area contributed by atoms with Crippen LogP contribution >= 0.6 is 11.3 Å². The predicted octanol–water partition coefficient (Wildman–Crippen LogP) is 1.82. The molecule has 3 rings (SSSR count). The topological polar surface area (TPSA) is 75.6 Å². The van der Waals surface area contributed by atoms with Crippen molar-refractivity contribution in [1.82, 2.24) is 15.1 Å². The van der Waals surface area contributed by atoms with Crippen LogP contribution in [-0.4, -0.2) is 15.1 Å². The Morgan fingerprint density at radius 3 is 3.20 bits per heavy atom. The highest BCUT2D eigenvalue weighted by atomic mass is 32.1. The summed E-state index contributed by atoms with van der Waals surface area (Å²) in [6.07, 6.45) is 0.829. The number of nitrogens with zero attached hydrogens (tertiary/aromatic N) is 4. The smallest absolute Gasteiger partial charge is 0.231 e. The molecule has 1 aliphatic rings. The lowest BCUT2D eigenvalue weighted by atomic mass is 10.3. The van der Waals surface area contributed by atoms with Crippen LogP contribution in [0.25, 0.3) is 11.5 Å². The van der Waals surface area contributed by atoms with Gasteiger partial charge in [-0.25, -0.2) is 4.98 Å². The number of thiazole rings is 1. The van der Waals surface area contributed by atoms with E-state index < -0.39 is 0 Å². The molecule has 0 saturated heterocycles. The monoisotopic (exact) mass is 218 g/mol. The van der Waals surface area contributed by atoms with Crippen molar-refractivity contribution < 1.29 is 4.52 Å². The zero-order chi connectivity index (χ0) is 10.3. The first-order valence-corrected chi connectivity index (χ1v) is 5.44. The van der Waals surface area contributed by atoms with Crippen LogP contribution in [0.15, 0.2) is 15.4 Å². The molecule has 5 nitrogen and oxygen atoms in total. The molecule has 2 aromatic heterocycles. The fourth-order valence-electron chi connectivity index (χ4n) is 1.42. The third-order valence-corrected chi connectivity index (χ3v) is 2.96. The van der Waals surface area contributed by atoms with Gasteiger partial charge >= 0.3 is 0 Å². The molecular weight excluding hydrogens is 212 g/mol. The van der Waals surface area contributed by atoms with Crippen molar-refractivity contribution in [2.45, 2.75) is 12.3 Å². The first kappa shape index (κ1) is 8.56. The standard InChI is InChI=1S/C9H6N4OS/c10-2-5-1-6(5)9-12-8(13-14-9)7-3-15-4-11-7/h3-6H,1H2. The van der Waals surface area contributed by atoms with E-state index in [1.807, 2.05) is 5.38 Å². The van der Waals surface area contributed by atoms with E-state index in [-0.39, 0.29) is 11.8 Å². The normalized spacial score (nSPS) is 23.7. The summed E-state index contributed by atoms with van der Waals surface area (Å²) < 4.78 is 5.10. The summed E-state index contributed by atoms with van der Waals surface area (Å²) in [5.74, 6) is 1.25. The van der Waals surface area contributed by atoms with Gasteiger partial charge in [-0.15, -0.1) is 11.3 Å². The fourth-order valence-corrected chi connectivity index (χ4v) is 1.95.